The molecule has 0 bridgehead atoms. The second-order valence-corrected chi connectivity index (χ2v) is 7.76. The Kier molecular flexibility index (Phi) is 5.01. The van der Waals surface area contributed by atoms with Gasteiger partial charge in [-0.15, -0.1) is 11.3 Å². The average molecular weight is 372 g/mol. The van der Waals surface area contributed by atoms with E-state index in [1.165, 1.54) is 16.9 Å². The third kappa shape index (κ3) is 3.86. The van der Waals surface area contributed by atoms with E-state index in [9.17, 15) is 0 Å². The summed E-state index contributed by atoms with van der Waals surface area (Å²) in [5, 5.41) is 7.60. The van der Waals surface area contributed by atoms with Crippen LogP contribution in [0.4, 0.5) is 5.69 Å². The number of rotatable bonds is 5. The van der Waals surface area contributed by atoms with E-state index in [2.05, 4.69) is 44.1 Å². The summed E-state index contributed by atoms with van der Waals surface area (Å²) in [5.41, 5.74) is 3.70. The Hall–Kier alpha value is -1.89. The molecule has 2 aromatic heterocycles. The maximum atomic E-state index is 5.24. The van der Waals surface area contributed by atoms with Crippen molar-refractivity contribution in [1.82, 2.24) is 9.88 Å². The van der Waals surface area contributed by atoms with Crippen molar-refractivity contribution in [3.05, 3.63) is 52.2 Å². The summed E-state index contributed by atoms with van der Waals surface area (Å²) in [6.07, 6.45) is 0. The first-order chi connectivity index (χ1) is 12.3. The lowest BCUT2D eigenvalue weighted by atomic mass is 10.2. The molecule has 3 aromatic rings. The molecule has 0 N–H and O–H groups in total. The lowest BCUT2D eigenvalue weighted by Crippen LogP contribution is -2.46. The smallest absolute Gasteiger partial charge is 0.124 e. The fourth-order valence-corrected chi connectivity index (χ4v) is 4.61. The number of aromatic nitrogens is 1. The van der Waals surface area contributed by atoms with Gasteiger partial charge in [-0.3, -0.25) is 4.90 Å². The van der Waals surface area contributed by atoms with Gasteiger partial charge in [0.2, 0.25) is 0 Å². The topological polar surface area (TPSA) is 28.6 Å². The largest absolute Gasteiger partial charge is 0.497 e. The van der Waals surface area contributed by atoms with Crippen molar-refractivity contribution in [2.45, 2.75) is 6.54 Å². The molecule has 6 heteroatoms. The van der Waals surface area contributed by atoms with Crippen molar-refractivity contribution < 1.29 is 4.74 Å². The highest BCUT2D eigenvalue weighted by Crippen LogP contribution is 2.26. The Morgan fingerprint density at radius 2 is 1.84 bits per heavy atom. The number of anilines is 1. The van der Waals surface area contributed by atoms with E-state index in [0.29, 0.717) is 0 Å². The van der Waals surface area contributed by atoms with Gasteiger partial charge < -0.3 is 9.64 Å². The number of hydrogen-bond acceptors (Lipinski definition) is 6. The van der Waals surface area contributed by atoms with Gasteiger partial charge in [-0.2, -0.15) is 11.3 Å². The minimum atomic E-state index is 0.910. The number of nitrogens with zero attached hydrogens (tertiary/aromatic N) is 3. The van der Waals surface area contributed by atoms with Gasteiger partial charge in [0.25, 0.3) is 0 Å². The van der Waals surface area contributed by atoms with Gasteiger partial charge >= 0.3 is 0 Å². The Morgan fingerprint density at radius 1 is 1.04 bits per heavy atom. The van der Waals surface area contributed by atoms with E-state index < -0.39 is 0 Å². The summed E-state index contributed by atoms with van der Waals surface area (Å²) in [4.78, 5) is 9.73. The number of methoxy groups -OCH3 is 1. The lowest BCUT2D eigenvalue weighted by Gasteiger charge is -2.35. The molecule has 0 aliphatic carbocycles. The van der Waals surface area contributed by atoms with Gasteiger partial charge in [-0.25, -0.2) is 4.98 Å². The number of hydrogen-bond donors (Lipinski definition) is 0. The standard InChI is InChI=1S/C19H21N3OS2/c1-23-18-4-2-17(3-5-18)22-9-7-21(8-10-22)12-16-14-25-19(20-16)15-6-11-24-13-15/h2-6,11,13-14H,7-10,12H2,1H3. The number of thiophene rings is 1. The third-order valence-corrected chi connectivity index (χ3v) is 6.14. The van der Waals surface area contributed by atoms with Crippen molar-refractivity contribution in [3.8, 4) is 16.3 Å². The molecule has 1 aliphatic rings. The van der Waals surface area contributed by atoms with Crippen LogP contribution in [-0.4, -0.2) is 43.2 Å². The van der Waals surface area contributed by atoms with E-state index in [4.69, 9.17) is 9.72 Å². The van der Waals surface area contributed by atoms with Crippen molar-refractivity contribution in [2.24, 2.45) is 0 Å². The predicted molar refractivity (Wildman–Crippen MR) is 106 cm³/mol. The Labute approximate surface area is 156 Å². The molecule has 0 spiro atoms. The van der Waals surface area contributed by atoms with Crippen LogP contribution in [0.25, 0.3) is 10.6 Å². The molecule has 1 aliphatic heterocycles. The maximum Gasteiger partial charge on any atom is 0.124 e. The van der Waals surface area contributed by atoms with Crippen LogP contribution in [0.3, 0.4) is 0 Å². The molecule has 0 radical (unpaired) electrons. The third-order valence-electron chi connectivity index (χ3n) is 4.52. The average Bonchev–Trinajstić information content (AvgIpc) is 3.34. The van der Waals surface area contributed by atoms with Crippen LogP contribution in [0.15, 0.2) is 46.5 Å². The van der Waals surface area contributed by atoms with E-state index in [1.54, 1.807) is 29.8 Å². The second kappa shape index (κ2) is 7.56. The molecular formula is C19H21N3OS2. The molecule has 1 saturated heterocycles. The fraction of sp³-hybridized carbons (Fsp3) is 0.316. The van der Waals surface area contributed by atoms with Crippen molar-refractivity contribution in [2.75, 3.05) is 38.2 Å². The van der Waals surface area contributed by atoms with Crippen molar-refractivity contribution in [3.63, 3.8) is 0 Å². The van der Waals surface area contributed by atoms with Crippen LogP contribution >= 0.6 is 22.7 Å². The SMILES string of the molecule is COc1ccc(N2CCN(Cc3csc(-c4ccsc4)n3)CC2)cc1. The number of piperazine rings is 1. The van der Waals surface area contributed by atoms with E-state index in [-0.39, 0.29) is 0 Å². The molecular weight excluding hydrogens is 350 g/mol. The number of ether oxygens (including phenoxy) is 1. The zero-order chi connectivity index (χ0) is 17.1. The first kappa shape index (κ1) is 16.6. The molecule has 4 nitrogen and oxygen atoms in total. The van der Waals surface area contributed by atoms with Crippen LogP contribution in [0, 0.1) is 0 Å². The lowest BCUT2D eigenvalue weighted by molar-refractivity contribution is 0.247. The minimum Gasteiger partial charge on any atom is -0.497 e. The van der Waals surface area contributed by atoms with Crippen LogP contribution in [0.1, 0.15) is 5.69 Å². The van der Waals surface area contributed by atoms with E-state index >= 15 is 0 Å². The molecule has 4 rings (SSSR count). The Morgan fingerprint density at radius 3 is 2.52 bits per heavy atom. The highest BCUT2D eigenvalue weighted by Gasteiger charge is 2.18. The summed E-state index contributed by atoms with van der Waals surface area (Å²) in [6.45, 7) is 5.17. The van der Waals surface area contributed by atoms with Gasteiger partial charge in [0.1, 0.15) is 10.8 Å². The maximum absolute atomic E-state index is 5.24. The monoisotopic (exact) mass is 371 g/mol. The predicted octanol–water partition coefficient (Wildman–Crippen LogP) is 4.20. The number of benzene rings is 1. The van der Waals surface area contributed by atoms with Crippen molar-refractivity contribution >= 4 is 28.4 Å². The van der Waals surface area contributed by atoms with E-state index in [1.807, 2.05) is 12.1 Å². The quantitative estimate of drug-likeness (QED) is 0.672. The summed E-state index contributed by atoms with van der Waals surface area (Å²) in [7, 11) is 1.70. The molecule has 0 saturated carbocycles. The highest BCUT2D eigenvalue weighted by molar-refractivity contribution is 7.14. The molecule has 25 heavy (non-hydrogen) atoms. The summed E-state index contributed by atoms with van der Waals surface area (Å²) in [6, 6.07) is 10.5. The summed E-state index contributed by atoms with van der Waals surface area (Å²) < 4.78 is 5.24. The highest BCUT2D eigenvalue weighted by atomic mass is 32.1. The zero-order valence-corrected chi connectivity index (χ0v) is 15.9. The second-order valence-electron chi connectivity index (χ2n) is 6.12. The van der Waals surface area contributed by atoms with Crippen LogP contribution in [-0.2, 0) is 6.54 Å². The van der Waals surface area contributed by atoms with Gasteiger partial charge in [-0.1, -0.05) is 0 Å². The molecule has 1 fully saturated rings. The van der Waals surface area contributed by atoms with Gasteiger partial charge in [-0.05, 0) is 35.7 Å². The minimum absolute atomic E-state index is 0.910. The van der Waals surface area contributed by atoms with Gasteiger partial charge in [0, 0.05) is 54.7 Å². The van der Waals surface area contributed by atoms with Crippen LogP contribution < -0.4 is 9.64 Å². The summed E-state index contributed by atoms with van der Waals surface area (Å²) in [5.74, 6) is 0.910. The Bertz CT molecular complexity index is 790. The Balaban J connectivity index is 1.33. The summed E-state index contributed by atoms with van der Waals surface area (Å²) >= 11 is 3.47. The van der Waals surface area contributed by atoms with Gasteiger partial charge in [0.05, 0.1) is 12.8 Å². The van der Waals surface area contributed by atoms with Gasteiger partial charge in [0.15, 0.2) is 0 Å². The normalized spacial score (nSPS) is 15.5. The van der Waals surface area contributed by atoms with Crippen molar-refractivity contribution in [1.29, 1.82) is 0 Å². The van der Waals surface area contributed by atoms with E-state index in [0.717, 1.165) is 43.5 Å². The van der Waals surface area contributed by atoms with Crippen LogP contribution in [0.2, 0.25) is 0 Å². The fourth-order valence-electron chi connectivity index (χ4n) is 3.08. The number of thiazole rings is 1. The van der Waals surface area contributed by atoms with Crippen LogP contribution in [0.5, 0.6) is 5.75 Å². The first-order valence-corrected chi connectivity index (χ1v) is 10.2. The zero-order valence-electron chi connectivity index (χ0n) is 14.2. The molecule has 3 heterocycles. The molecule has 0 amide bonds. The molecule has 0 unspecified atom stereocenters. The molecule has 0 atom stereocenters. The molecule has 1 aromatic carbocycles. The molecule has 130 valence electrons. The first-order valence-electron chi connectivity index (χ1n) is 8.40.